The number of carboxylic acid groups (broad SMARTS) is 2. The second kappa shape index (κ2) is 6.97. The maximum absolute atomic E-state index is 9.10. The fourth-order valence-corrected chi connectivity index (χ4v) is 0. The molecule has 0 atom stereocenters. The van der Waals surface area contributed by atoms with Gasteiger partial charge in [-0.2, -0.15) is 0 Å². The smallest absolute Gasteiger partial charge is 0.414 e. The molecule has 0 aliphatic carbocycles. The van der Waals surface area contributed by atoms with Crippen molar-refractivity contribution in [2.75, 3.05) is 0 Å². The van der Waals surface area contributed by atoms with Crippen molar-refractivity contribution in [2.24, 2.45) is 0 Å². The van der Waals surface area contributed by atoms with Crippen LogP contribution < -0.4 is 0 Å². The number of hydrogen-bond acceptors (Lipinski definition) is 2. The van der Waals surface area contributed by atoms with Gasteiger partial charge in [-0.05, 0) is 0 Å². The van der Waals surface area contributed by atoms with Gasteiger partial charge in [0.05, 0.1) is 0 Å². The van der Waals surface area contributed by atoms with E-state index in [0.717, 1.165) is 0 Å². The number of hydrogen-bond donors (Lipinski definition) is 2. The van der Waals surface area contributed by atoms with Crippen LogP contribution in [0.5, 0.6) is 0 Å². The monoisotopic (exact) mass is 204 g/mol. The zero-order valence-corrected chi connectivity index (χ0v) is 5.64. The van der Waals surface area contributed by atoms with Crippen molar-refractivity contribution in [3.63, 3.8) is 0 Å². The Morgan fingerprint density at radius 3 is 1.12 bits per heavy atom. The first kappa shape index (κ1) is 15.7. The van der Waals surface area contributed by atoms with Crippen molar-refractivity contribution in [1.29, 1.82) is 0 Å². The van der Waals surface area contributed by atoms with Crippen molar-refractivity contribution >= 4 is 11.9 Å². The quantitative estimate of drug-likeness (QED) is 0.398. The molecule has 0 spiro atoms. The van der Waals surface area contributed by atoms with Crippen LogP contribution in [0.4, 0.5) is 0 Å². The molecule has 4 nitrogen and oxygen atoms in total. The zero-order valence-electron chi connectivity index (χ0n) is 3.42. The summed E-state index contributed by atoms with van der Waals surface area (Å²) in [6, 6.07) is 0. The molecule has 0 unspecified atom stereocenters. The average molecular weight is 204 g/mol. The van der Waals surface area contributed by atoms with Crippen molar-refractivity contribution in [3.05, 3.63) is 0 Å². The van der Waals surface area contributed by atoms with Gasteiger partial charge in [-0.25, -0.2) is 9.59 Å². The Morgan fingerprint density at radius 1 is 1.00 bits per heavy atom. The van der Waals surface area contributed by atoms with E-state index in [2.05, 4.69) is 0 Å². The normalized spacial score (nSPS) is 5.50. The fourth-order valence-electron chi connectivity index (χ4n) is 0. The summed E-state index contributed by atoms with van der Waals surface area (Å²) in [5.74, 6) is -3.65. The van der Waals surface area contributed by atoms with Gasteiger partial charge in [0.2, 0.25) is 0 Å². The van der Waals surface area contributed by atoms with Gasteiger partial charge in [-0.15, -0.1) is 0 Å². The SMILES string of the molecule is O=C(O)C(=O)O.[Co].[Mn]. The van der Waals surface area contributed by atoms with Crippen molar-refractivity contribution in [1.82, 2.24) is 0 Å². The summed E-state index contributed by atoms with van der Waals surface area (Å²) in [5, 5.41) is 14.8. The van der Waals surface area contributed by atoms with Crippen LogP contribution in [0.15, 0.2) is 0 Å². The van der Waals surface area contributed by atoms with Gasteiger partial charge >= 0.3 is 11.9 Å². The molecule has 0 rings (SSSR count). The summed E-state index contributed by atoms with van der Waals surface area (Å²) in [4.78, 5) is 18.2. The molecule has 0 amide bonds. The van der Waals surface area contributed by atoms with Crippen LogP contribution in [0.3, 0.4) is 0 Å². The van der Waals surface area contributed by atoms with E-state index in [1.54, 1.807) is 0 Å². The van der Waals surface area contributed by atoms with E-state index in [1.165, 1.54) is 0 Å². The van der Waals surface area contributed by atoms with Gasteiger partial charge in [-0.1, -0.05) is 0 Å². The van der Waals surface area contributed by atoms with E-state index in [-0.39, 0.29) is 33.8 Å². The van der Waals surface area contributed by atoms with E-state index in [0.29, 0.717) is 0 Å². The summed E-state index contributed by atoms with van der Waals surface area (Å²) in [6.45, 7) is 0. The third kappa shape index (κ3) is 9.35. The van der Waals surface area contributed by atoms with Crippen molar-refractivity contribution < 1.29 is 53.6 Å². The van der Waals surface area contributed by atoms with Crippen LogP contribution in [-0.2, 0) is 43.4 Å². The zero-order chi connectivity index (χ0) is 5.15. The number of carboxylic acids is 2. The molecule has 0 aromatic carbocycles. The molecule has 0 aliphatic heterocycles. The molecule has 8 heavy (non-hydrogen) atoms. The molecule has 2 N–H and O–H groups in total. The molecule has 50 valence electrons. The first-order valence-electron chi connectivity index (χ1n) is 1.11. The standard InChI is InChI=1S/C2H2O4.Co.Mn/c3-1(4)2(5)6;;/h(H,3,4)(H,5,6);;. The molecule has 0 aliphatic rings. The number of carbonyl (C=O) groups is 2. The predicted octanol–water partition coefficient (Wildman–Crippen LogP) is -0.849. The first-order chi connectivity index (χ1) is 2.64. The molecule has 0 saturated heterocycles. The Bertz CT molecular complexity index is 80.0. The van der Waals surface area contributed by atoms with E-state index < -0.39 is 11.9 Å². The summed E-state index contributed by atoms with van der Waals surface area (Å²) >= 11 is 0. The Balaban J connectivity index is -0.000000125. The fraction of sp³-hybridized carbons (Fsp3) is 0. The number of rotatable bonds is 0. The Hall–Kier alpha value is -0.0340. The van der Waals surface area contributed by atoms with E-state index >= 15 is 0 Å². The molecule has 0 aromatic rings. The second-order valence-corrected chi connectivity index (χ2v) is 0.610. The van der Waals surface area contributed by atoms with Gasteiger partial charge in [0, 0.05) is 33.8 Å². The Kier molecular flexibility index (Phi) is 13.6. The Labute approximate surface area is 65.9 Å². The van der Waals surface area contributed by atoms with Gasteiger partial charge < -0.3 is 10.2 Å². The van der Waals surface area contributed by atoms with Crippen LogP contribution in [0.25, 0.3) is 0 Å². The molecule has 0 heterocycles. The first-order valence-corrected chi connectivity index (χ1v) is 1.11. The molecular weight excluding hydrogens is 202 g/mol. The minimum Gasteiger partial charge on any atom is -0.473 e. The van der Waals surface area contributed by atoms with Crippen LogP contribution in [0.2, 0.25) is 0 Å². The largest absolute Gasteiger partial charge is 0.473 e. The van der Waals surface area contributed by atoms with E-state index in [1.807, 2.05) is 0 Å². The van der Waals surface area contributed by atoms with Crippen molar-refractivity contribution in [3.8, 4) is 0 Å². The maximum Gasteiger partial charge on any atom is 0.414 e. The van der Waals surface area contributed by atoms with Crippen LogP contribution in [-0.4, -0.2) is 22.2 Å². The summed E-state index contributed by atoms with van der Waals surface area (Å²) < 4.78 is 0. The third-order valence-corrected chi connectivity index (χ3v) is 0.183. The summed E-state index contributed by atoms with van der Waals surface area (Å²) in [5.41, 5.74) is 0. The topological polar surface area (TPSA) is 74.6 Å². The minimum absolute atomic E-state index is 0. The number of aliphatic carboxylic acids is 2. The van der Waals surface area contributed by atoms with Crippen LogP contribution in [0.1, 0.15) is 0 Å². The molecular formula is C2H2CoMnO4. The molecule has 0 bridgehead atoms. The van der Waals surface area contributed by atoms with Gasteiger partial charge in [0.1, 0.15) is 0 Å². The van der Waals surface area contributed by atoms with Gasteiger partial charge in [0.15, 0.2) is 0 Å². The van der Waals surface area contributed by atoms with Crippen LogP contribution >= 0.6 is 0 Å². The van der Waals surface area contributed by atoms with E-state index in [9.17, 15) is 0 Å². The summed E-state index contributed by atoms with van der Waals surface area (Å²) in [6.07, 6.45) is 0. The molecule has 0 aromatic heterocycles. The summed E-state index contributed by atoms with van der Waals surface area (Å²) in [7, 11) is 0. The second-order valence-electron chi connectivity index (χ2n) is 0.610. The maximum atomic E-state index is 9.10. The van der Waals surface area contributed by atoms with Crippen LogP contribution in [0, 0.1) is 0 Å². The molecule has 2 radical (unpaired) electrons. The minimum atomic E-state index is -1.82. The molecule has 6 heteroatoms. The third-order valence-electron chi connectivity index (χ3n) is 0.183. The van der Waals surface area contributed by atoms with E-state index in [4.69, 9.17) is 19.8 Å². The van der Waals surface area contributed by atoms with Gasteiger partial charge in [-0.3, -0.25) is 0 Å². The predicted molar refractivity (Wildman–Crippen MR) is 15.3 cm³/mol. The average Bonchev–Trinajstić information content (AvgIpc) is 1.36. The molecule has 0 fully saturated rings. The van der Waals surface area contributed by atoms with Gasteiger partial charge in [0.25, 0.3) is 0 Å². The van der Waals surface area contributed by atoms with Crippen molar-refractivity contribution in [2.45, 2.75) is 0 Å². The molecule has 0 saturated carbocycles. The Morgan fingerprint density at radius 2 is 1.12 bits per heavy atom.